The van der Waals surface area contributed by atoms with Gasteiger partial charge in [-0.05, 0) is 37.1 Å². The Balaban J connectivity index is 2.85. The lowest BCUT2D eigenvalue weighted by Gasteiger charge is -2.24. The van der Waals surface area contributed by atoms with Crippen molar-refractivity contribution in [3.05, 3.63) is 23.3 Å². The van der Waals surface area contributed by atoms with Gasteiger partial charge in [-0.1, -0.05) is 0 Å². The summed E-state index contributed by atoms with van der Waals surface area (Å²) in [6.45, 7) is 2.78. The average molecular weight is 333 g/mol. The highest BCUT2D eigenvalue weighted by Crippen LogP contribution is 2.27. The van der Waals surface area contributed by atoms with E-state index in [0.717, 1.165) is 21.7 Å². The first-order chi connectivity index (χ1) is 10.4. The van der Waals surface area contributed by atoms with Gasteiger partial charge >= 0.3 is 12.2 Å². The number of carbonyl (C=O) groups excluding carboxylic acids is 1. The molecule has 0 radical (unpaired) electrons. The molecule has 130 valence electrons. The number of carbonyl (C=O) groups is 1. The van der Waals surface area contributed by atoms with Crippen LogP contribution in [0.1, 0.15) is 11.1 Å². The van der Waals surface area contributed by atoms with E-state index in [-0.39, 0.29) is 0 Å². The van der Waals surface area contributed by atoms with Crippen molar-refractivity contribution in [2.45, 2.75) is 26.1 Å². The number of hydrogen-bond acceptors (Lipinski definition) is 3. The number of amides is 2. The summed E-state index contributed by atoms with van der Waals surface area (Å²) in [4.78, 5) is 14.7. The van der Waals surface area contributed by atoms with Gasteiger partial charge in [-0.15, -0.1) is 0 Å². The van der Waals surface area contributed by atoms with Gasteiger partial charge in [0.15, 0.2) is 6.10 Å². The third-order valence-electron chi connectivity index (χ3n) is 3.44. The first kappa shape index (κ1) is 19.1. The van der Waals surface area contributed by atoms with Gasteiger partial charge in [0, 0.05) is 32.5 Å². The Hall–Kier alpha value is -1.96. The second-order valence-electron chi connectivity index (χ2n) is 5.72. The molecule has 0 saturated heterocycles. The van der Waals surface area contributed by atoms with Crippen molar-refractivity contribution in [2.24, 2.45) is 0 Å². The van der Waals surface area contributed by atoms with E-state index in [9.17, 15) is 18.0 Å². The molecule has 2 amide bonds. The Morgan fingerprint density at radius 3 is 2.09 bits per heavy atom. The fourth-order valence-electron chi connectivity index (χ4n) is 2.04. The third-order valence-corrected chi connectivity index (χ3v) is 3.44. The molecule has 0 aliphatic rings. The number of likely N-dealkylation sites (N-methyl/N-ethyl adjacent to an activating group) is 1. The lowest BCUT2D eigenvalue weighted by Crippen LogP contribution is -2.43. The van der Waals surface area contributed by atoms with Crippen LogP contribution in [-0.2, 0) is 0 Å². The van der Waals surface area contributed by atoms with E-state index >= 15 is 0 Å². The van der Waals surface area contributed by atoms with E-state index in [1.165, 1.54) is 7.05 Å². The van der Waals surface area contributed by atoms with Crippen LogP contribution in [0.3, 0.4) is 0 Å². The van der Waals surface area contributed by atoms with Crippen molar-refractivity contribution in [1.29, 1.82) is 0 Å². The number of aliphatic hydroxyl groups is 1. The van der Waals surface area contributed by atoms with E-state index in [2.05, 4.69) is 5.32 Å². The lowest BCUT2D eigenvalue weighted by molar-refractivity contribution is -0.205. The molecule has 0 aliphatic heterocycles. The van der Waals surface area contributed by atoms with Crippen LogP contribution in [0.5, 0.6) is 0 Å². The Bertz CT molecular complexity index is 551. The van der Waals surface area contributed by atoms with Crippen molar-refractivity contribution in [3.8, 4) is 0 Å². The predicted octanol–water partition coefficient (Wildman–Crippen LogP) is 2.76. The van der Waals surface area contributed by atoms with Crippen molar-refractivity contribution in [3.63, 3.8) is 0 Å². The summed E-state index contributed by atoms with van der Waals surface area (Å²) in [6.07, 6.45) is -7.33. The van der Waals surface area contributed by atoms with Crippen LogP contribution in [0.15, 0.2) is 12.1 Å². The highest BCUT2D eigenvalue weighted by Gasteiger charge is 2.39. The molecule has 1 aromatic rings. The summed E-state index contributed by atoms with van der Waals surface area (Å²) in [5.74, 6) is 0. The fraction of sp³-hybridized carbons (Fsp3) is 0.533. The van der Waals surface area contributed by atoms with Gasteiger partial charge in [0.05, 0.1) is 6.54 Å². The maximum Gasteiger partial charge on any atom is 0.416 e. The smallest absolute Gasteiger partial charge is 0.382 e. The zero-order valence-corrected chi connectivity index (χ0v) is 13.8. The van der Waals surface area contributed by atoms with E-state index in [1.54, 1.807) is 13.8 Å². The molecule has 0 aromatic heterocycles. The molecule has 0 heterocycles. The van der Waals surface area contributed by atoms with Crippen LogP contribution in [0, 0.1) is 13.8 Å². The maximum atomic E-state index is 12.3. The molecular formula is C15H22F3N3O2. The number of alkyl halides is 3. The standard InChI is InChI=1S/C15H22F3N3O2/c1-9-6-11(20(3)4)7-10(2)13(9)19-14(23)21(5)8-12(22)15(16,17)18/h6-7,12,22H,8H2,1-5H3,(H,19,23)/t12-/m1/s1. The molecule has 5 nitrogen and oxygen atoms in total. The molecule has 0 bridgehead atoms. The SMILES string of the molecule is Cc1cc(N(C)C)cc(C)c1NC(=O)N(C)C[C@@H](O)C(F)(F)F. The Kier molecular flexibility index (Phi) is 5.87. The van der Waals surface area contributed by atoms with Gasteiger partial charge in [-0.25, -0.2) is 4.79 Å². The van der Waals surface area contributed by atoms with Gasteiger partial charge in [0.1, 0.15) is 0 Å². The quantitative estimate of drug-likeness (QED) is 0.891. The summed E-state index contributed by atoms with van der Waals surface area (Å²) in [5, 5.41) is 11.6. The molecule has 0 unspecified atom stereocenters. The minimum absolute atomic E-state index is 0.550. The maximum absolute atomic E-state index is 12.3. The topological polar surface area (TPSA) is 55.8 Å². The summed E-state index contributed by atoms with van der Waals surface area (Å²) < 4.78 is 37.0. The number of aryl methyl sites for hydroxylation is 2. The fourth-order valence-corrected chi connectivity index (χ4v) is 2.04. The summed E-state index contributed by atoms with van der Waals surface area (Å²) in [5.41, 5.74) is 3.10. The number of nitrogens with one attached hydrogen (secondary N) is 1. The molecule has 0 fully saturated rings. The Morgan fingerprint density at radius 1 is 1.22 bits per heavy atom. The van der Waals surface area contributed by atoms with E-state index in [1.807, 2.05) is 31.1 Å². The molecule has 8 heteroatoms. The van der Waals surface area contributed by atoms with E-state index < -0.39 is 24.9 Å². The van der Waals surface area contributed by atoms with Crippen LogP contribution in [0.4, 0.5) is 29.3 Å². The number of aliphatic hydroxyl groups excluding tert-OH is 1. The minimum Gasteiger partial charge on any atom is -0.382 e. The Labute approximate surface area is 133 Å². The second-order valence-corrected chi connectivity index (χ2v) is 5.72. The summed E-state index contributed by atoms with van der Waals surface area (Å²) >= 11 is 0. The van der Waals surface area contributed by atoms with Crippen LogP contribution in [0.25, 0.3) is 0 Å². The van der Waals surface area contributed by atoms with Crippen LogP contribution >= 0.6 is 0 Å². The number of urea groups is 1. The van der Waals surface area contributed by atoms with Crippen LogP contribution in [0.2, 0.25) is 0 Å². The lowest BCUT2D eigenvalue weighted by atomic mass is 10.1. The highest BCUT2D eigenvalue weighted by atomic mass is 19.4. The van der Waals surface area contributed by atoms with Crippen molar-refractivity contribution in [2.75, 3.05) is 37.9 Å². The van der Waals surface area contributed by atoms with Crippen LogP contribution < -0.4 is 10.2 Å². The van der Waals surface area contributed by atoms with Crippen molar-refractivity contribution in [1.82, 2.24) is 4.90 Å². The molecule has 1 aromatic carbocycles. The zero-order valence-electron chi connectivity index (χ0n) is 13.8. The monoisotopic (exact) mass is 333 g/mol. The Morgan fingerprint density at radius 2 is 1.70 bits per heavy atom. The summed E-state index contributed by atoms with van der Waals surface area (Å²) in [6, 6.07) is 3.03. The molecule has 0 spiro atoms. The second kappa shape index (κ2) is 7.08. The number of rotatable bonds is 4. The largest absolute Gasteiger partial charge is 0.416 e. The molecule has 1 rings (SSSR count). The molecule has 0 aliphatic carbocycles. The molecule has 1 atom stereocenters. The van der Waals surface area contributed by atoms with Crippen LogP contribution in [-0.4, -0.2) is 56.0 Å². The van der Waals surface area contributed by atoms with Gasteiger partial charge < -0.3 is 20.2 Å². The molecular weight excluding hydrogens is 311 g/mol. The minimum atomic E-state index is -4.76. The summed E-state index contributed by atoms with van der Waals surface area (Å²) in [7, 11) is 4.97. The van der Waals surface area contributed by atoms with Crippen molar-refractivity contribution < 1.29 is 23.1 Å². The molecule has 0 saturated carbocycles. The number of halogens is 3. The first-order valence-corrected chi connectivity index (χ1v) is 6.99. The third kappa shape index (κ3) is 5.02. The normalized spacial score (nSPS) is 12.7. The van der Waals surface area contributed by atoms with E-state index in [4.69, 9.17) is 5.11 Å². The molecule has 23 heavy (non-hydrogen) atoms. The zero-order chi connectivity index (χ0) is 17.9. The van der Waals surface area contributed by atoms with Gasteiger partial charge in [-0.3, -0.25) is 0 Å². The number of anilines is 2. The van der Waals surface area contributed by atoms with Crippen molar-refractivity contribution >= 4 is 17.4 Å². The average Bonchev–Trinajstić information content (AvgIpc) is 2.40. The van der Waals surface area contributed by atoms with Gasteiger partial charge in [0.25, 0.3) is 0 Å². The highest BCUT2D eigenvalue weighted by molar-refractivity contribution is 5.91. The van der Waals surface area contributed by atoms with Gasteiger partial charge in [0.2, 0.25) is 0 Å². The van der Waals surface area contributed by atoms with Gasteiger partial charge in [-0.2, -0.15) is 13.2 Å². The van der Waals surface area contributed by atoms with E-state index in [0.29, 0.717) is 5.69 Å². The number of benzene rings is 1. The first-order valence-electron chi connectivity index (χ1n) is 6.99. The number of hydrogen-bond donors (Lipinski definition) is 2. The number of nitrogens with zero attached hydrogens (tertiary/aromatic N) is 2. The predicted molar refractivity (Wildman–Crippen MR) is 84.0 cm³/mol. The molecule has 2 N–H and O–H groups in total.